The minimum atomic E-state index is -1.70. The molecule has 96 heavy (non-hydrogen) atoms. The Labute approximate surface area is 575 Å². The molecule has 0 aromatic rings. The Balaban J connectivity index is 4.26. The molecule has 0 bridgehead atoms. The fourth-order valence-electron chi connectivity index (χ4n) is 12.0. The number of rotatable bonds is 24. The van der Waals surface area contributed by atoms with Gasteiger partial charge < -0.3 is 71.3 Å². The van der Waals surface area contributed by atoms with Crippen LogP contribution in [0.4, 0.5) is 0 Å². The van der Waals surface area contributed by atoms with Crippen molar-refractivity contribution < 1.29 is 62.6 Å². The van der Waals surface area contributed by atoms with E-state index in [1.54, 1.807) is 41.5 Å². The van der Waals surface area contributed by atoms with Crippen LogP contribution in [0.15, 0.2) is 0 Å². The van der Waals surface area contributed by atoms with Gasteiger partial charge in [0.1, 0.15) is 60.4 Å². The highest BCUT2D eigenvalue weighted by Crippen LogP contribution is 2.26. The quantitative estimate of drug-likeness (QED) is 0.0680. The molecule has 552 valence electrons. The molecule has 1 heterocycles. The Morgan fingerprint density at radius 2 is 0.938 bits per heavy atom. The van der Waals surface area contributed by atoms with Crippen molar-refractivity contribution >= 4 is 70.9 Å². The number of likely N-dealkylation sites (N-methyl/N-ethyl adjacent to an activating group) is 7. The van der Waals surface area contributed by atoms with Crippen LogP contribution in [-0.4, -0.2) is 252 Å². The molecular formula is C70H129N13O13. The summed E-state index contributed by atoms with van der Waals surface area (Å²) in [6.07, 6.45) is 1.67. The van der Waals surface area contributed by atoms with Crippen molar-refractivity contribution in [1.29, 1.82) is 0 Å². The molecule has 1 aliphatic rings. The second-order valence-corrected chi connectivity index (χ2v) is 29.6. The maximum Gasteiger partial charge on any atom is 0.246 e. The molecular weight excluding hydrogens is 1230 g/mol. The summed E-state index contributed by atoms with van der Waals surface area (Å²) in [6.45, 7) is 33.5. The smallest absolute Gasteiger partial charge is 0.246 e. The van der Waals surface area contributed by atoms with Crippen LogP contribution >= 0.6 is 0 Å². The lowest BCUT2D eigenvalue weighted by Gasteiger charge is -2.41. The van der Waals surface area contributed by atoms with Crippen molar-refractivity contribution in [2.24, 2.45) is 47.3 Å². The van der Waals surface area contributed by atoms with Gasteiger partial charge in [-0.3, -0.25) is 57.5 Å². The Bertz CT molecular complexity index is 2570. The van der Waals surface area contributed by atoms with Crippen LogP contribution in [0.5, 0.6) is 0 Å². The minimum Gasteiger partial charge on any atom is -0.390 e. The molecule has 1 rings (SSSR count). The van der Waals surface area contributed by atoms with E-state index in [2.05, 4.69) is 45.7 Å². The van der Waals surface area contributed by atoms with Gasteiger partial charge in [-0.25, -0.2) is 0 Å². The lowest BCUT2D eigenvalue weighted by Crippen LogP contribution is -2.63. The maximum atomic E-state index is 15.4. The standard InChI is InChI=1S/C70H129N13O13/c1-26-46(15)31-32-71-33-34-72-55(84)30-28-29-47(16)60(86)59-64(90)75-50(27-2)66(92)77(19)39-56(85)78(20)51(35-40(3)4)63(89)76-57(44(11)12)69(95)79(21)52(36-41(5)6)62(88)73-48(17)61(87)74-49(18)65(91)80(22)53(37-42(7)8)67(93)81(23)54(38-43(9)10)68(94)82(24)58(45(13)14)70(96)83(59)25/h40-54,57-60,71,86H,26-39H2,1-25H3,(H,72,84)(H,73,88)(H,74,87)(H,75,90)(H,76,89)/t46?,47-,48+,49-,50+,51+,52+,53+,54+,57+,58+,59+,60-/m1/s1. The number of hydrogen-bond donors (Lipinski definition) is 7. The Morgan fingerprint density at radius 3 is 1.43 bits per heavy atom. The molecule has 26 nitrogen and oxygen atoms in total. The third kappa shape index (κ3) is 26.8. The largest absolute Gasteiger partial charge is 0.390 e. The molecule has 0 aromatic heterocycles. The first-order chi connectivity index (χ1) is 44.5. The van der Waals surface area contributed by atoms with Crippen LogP contribution in [0.1, 0.15) is 189 Å². The van der Waals surface area contributed by atoms with E-state index < -0.39 is 156 Å². The van der Waals surface area contributed by atoms with E-state index >= 15 is 19.2 Å². The normalized spacial score (nSPS) is 25.4. The zero-order valence-electron chi connectivity index (χ0n) is 63.3. The molecule has 26 heteroatoms. The topological polar surface area (TPSA) is 320 Å². The number of aliphatic hydroxyl groups is 1. The number of carbonyl (C=O) groups is 12. The molecule has 0 aromatic carbocycles. The third-order valence-electron chi connectivity index (χ3n) is 18.5. The van der Waals surface area contributed by atoms with Gasteiger partial charge in [0.15, 0.2) is 0 Å². The van der Waals surface area contributed by atoms with Gasteiger partial charge in [0.2, 0.25) is 70.9 Å². The van der Waals surface area contributed by atoms with Crippen LogP contribution in [0, 0.1) is 47.3 Å². The number of carbonyl (C=O) groups excluding carboxylic acids is 12. The van der Waals surface area contributed by atoms with Gasteiger partial charge in [0, 0.05) is 68.8 Å². The van der Waals surface area contributed by atoms with Crippen molar-refractivity contribution in [2.75, 3.05) is 75.5 Å². The SMILES string of the molecule is CCC(C)CCNCCNC(=O)CCC[C@@H](C)[C@@H](O)[C@H]1C(=O)N[C@@H](CC)C(=O)N(C)CC(=O)N(C)[C@@H](CC(C)C)C(=O)N[C@@H](C(C)C)C(=O)N(C)[C@@H](CC(C)C)C(=O)N[C@@H](C)C(=O)N[C@H](C)C(=O)N(C)[C@@H](CC(C)C)C(=O)N(C)[C@@H](CC(C)C)C(=O)N(C)[C@@H](C(C)C)C(=O)N1C. The van der Waals surface area contributed by atoms with Gasteiger partial charge in [-0.15, -0.1) is 0 Å². The first-order valence-corrected chi connectivity index (χ1v) is 35.2. The fourth-order valence-corrected chi connectivity index (χ4v) is 12.0. The minimum absolute atomic E-state index is 0.0149. The fraction of sp³-hybridized carbons (Fsp3) is 0.829. The second-order valence-electron chi connectivity index (χ2n) is 29.6. The number of nitrogens with one attached hydrogen (secondary N) is 6. The maximum absolute atomic E-state index is 15.4. The molecule has 0 saturated carbocycles. The first kappa shape index (κ1) is 87.6. The van der Waals surface area contributed by atoms with E-state index in [1.165, 1.54) is 87.7 Å². The predicted octanol–water partition coefficient (Wildman–Crippen LogP) is 3.62. The molecule has 7 N–H and O–H groups in total. The van der Waals surface area contributed by atoms with E-state index in [0.717, 1.165) is 29.2 Å². The third-order valence-corrected chi connectivity index (χ3v) is 18.5. The van der Waals surface area contributed by atoms with Crippen molar-refractivity contribution in [2.45, 2.75) is 255 Å². The summed E-state index contributed by atoms with van der Waals surface area (Å²) in [6, 6.07) is -12.7. The van der Waals surface area contributed by atoms with Gasteiger partial charge in [-0.1, -0.05) is 117 Å². The Kier molecular flexibility index (Phi) is 38.1. The number of nitrogens with zero attached hydrogens (tertiary/aromatic N) is 7. The predicted molar refractivity (Wildman–Crippen MR) is 373 cm³/mol. The summed E-state index contributed by atoms with van der Waals surface area (Å²) in [5.41, 5.74) is 0. The van der Waals surface area contributed by atoms with Crippen LogP contribution in [0.2, 0.25) is 0 Å². The molecule has 13 atom stereocenters. The highest BCUT2D eigenvalue weighted by molar-refractivity contribution is 5.99. The van der Waals surface area contributed by atoms with Crippen molar-refractivity contribution in [3.8, 4) is 0 Å². The molecule has 0 spiro atoms. The van der Waals surface area contributed by atoms with E-state index in [0.29, 0.717) is 25.4 Å². The van der Waals surface area contributed by atoms with E-state index in [9.17, 15) is 43.5 Å². The zero-order valence-corrected chi connectivity index (χ0v) is 63.3. The molecule has 0 radical (unpaired) electrons. The highest BCUT2D eigenvalue weighted by atomic mass is 16.3. The molecule has 1 unspecified atom stereocenters. The molecule has 1 saturated heterocycles. The number of aliphatic hydroxyl groups excluding tert-OH is 1. The van der Waals surface area contributed by atoms with E-state index in [-0.39, 0.29) is 74.5 Å². The summed E-state index contributed by atoms with van der Waals surface area (Å²) in [5.74, 6) is -9.83. The summed E-state index contributed by atoms with van der Waals surface area (Å²) >= 11 is 0. The van der Waals surface area contributed by atoms with Gasteiger partial charge in [-0.05, 0) is 119 Å². The summed E-state index contributed by atoms with van der Waals surface area (Å²) in [4.78, 5) is 183. The summed E-state index contributed by atoms with van der Waals surface area (Å²) < 4.78 is 0. The monoisotopic (exact) mass is 1360 g/mol. The van der Waals surface area contributed by atoms with Crippen molar-refractivity contribution in [3.63, 3.8) is 0 Å². The van der Waals surface area contributed by atoms with E-state index in [1.807, 2.05) is 55.4 Å². The molecule has 0 aliphatic carbocycles. The Hall–Kier alpha value is -6.44. The lowest BCUT2D eigenvalue weighted by atomic mass is 9.90. The number of amides is 12. The number of hydrogen-bond acceptors (Lipinski definition) is 14. The van der Waals surface area contributed by atoms with Gasteiger partial charge in [-0.2, -0.15) is 0 Å². The summed E-state index contributed by atoms with van der Waals surface area (Å²) in [7, 11) is 9.85. The van der Waals surface area contributed by atoms with Gasteiger partial charge in [0.25, 0.3) is 0 Å². The molecule has 12 amide bonds. The summed E-state index contributed by atoms with van der Waals surface area (Å²) in [5, 5.41) is 29.7. The average molecular weight is 1360 g/mol. The zero-order chi connectivity index (χ0) is 74.1. The highest BCUT2D eigenvalue weighted by Gasteiger charge is 2.46. The van der Waals surface area contributed by atoms with Crippen molar-refractivity contribution in [3.05, 3.63) is 0 Å². The molecule has 1 aliphatic heterocycles. The van der Waals surface area contributed by atoms with Gasteiger partial charge in [0.05, 0.1) is 12.6 Å². The van der Waals surface area contributed by atoms with Crippen LogP contribution < -0.4 is 31.9 Å². The van der Waals surface area contributed by atoms with Crippen LogP contribution in [0.25, 0.3) is 0 Å². The van der Waals surface area contributed by atoms with Crippen LogP contribution in [-0.2, 0) is 57.5 Å². The lowest BCUT2D eigenvalue weighted by molar-refractivity contribution is -0.157. The second kappa shape index (κ2) is 41.7. The molecule has 1 fully saturated rings. The first-order valence-electron chi connectivity index (χ1n) is 35.2. The Morgan fingerprint density at radius 1 is 0.479 bits per heavy atom. The average Bonchev–Trinajstić information content (AvgIpc) is 0.815. The van der Waals surface area contributed by atoms with E-state index in [4.69, 9.17) is 0 Å². The van der Waals surface area contributed by atoms with Crippen LogP contribution in [0.3, 0.4) is 0 Å². The van der Waals surface area contributed by atoms with Crippen molar-refractivity contribution in [1.82, 2.24) is 66.2 Å². The van der Waals surface area contributed by atoms with Gasteiger partial charge >= 0.3 is 0 Å².